The minimum Gasteiger partial charge on any atom is -0.488 e. The van der Waals surface area contributed by atoms with Gasteiger partial charge in [-0.05, 0) is 84.4 Å². The van der Waals surface area contributed by atoms with E-state index >= 15 is 0 Å². The molecule has 1 unspecified atom stereocenters. The molecule has 6 heterocycles. The maximum atomic E-state index is 13.8. The third-order valence-corrected chi connectivity index (χ3v) is 13.5. The summed E-state index contributed by atoms with van der Waals surface area (Å²) in [5, 5.41) is 7.29. The molecule has 3 aromatic carbocycles. The first-order chi connectivity index (χ1) is 28.6. The number of benzene rings is 3. The number of aromatic amines is 2. The van der Waals surface area contributed by atoms with Crippen LogP contribution in [0.4, 0.5) is 9.59 Å². The number of nitrogens with zero attached hydrogens (tertiary/aromatic N) is 4. The molecule has 0 saturated carbocycles. The predicted molar refractivity (Wildman–Crippen MR) is 225 cm³/mol. The average molecular weight is 917 g/mol. The summed E-state index contributed by atoms with van der Waals surface area (Å²) >= 11 is 2.27. The Morgan fingerprint density at radius 3 is 2.58 bits per heavy atom. The number of hydrogen-bond acceptors (Lipinski definition) is 10. The van der Waals surface area contributed by atoms with Gasteiger partial charge in [-0.15, -0.1) is 0 Å². The van der Waals surface area contributed by atoms with Gasteiger partial charge in [-0.25, -0.2) is 19.6 Å². The molecule has 3 fully saturated rings. The van der Waals surface area contributed by atoms with Crippen LogP contribution in [-0.4, -0.2) is 104 Å². The largest absolute Gasteiger partial charge is 0.488 e. The minimum atomic E-state index is -0.904. The molecule has 0 aliphatic carbocycles. The fourth-order valence-electron chi connectivity index (χ4n) is 9.41. The van der Waals surface area contributed by atoms with Gasteiger partial charge in [-0.3, -0.25) is 9.59 Å². The highest BCUT2D eigenvalue weighted by Crippen LogP contribution is 2.45. The van der Waals surface area contributed by atoms with Crippen LogP contribution < -0.4 is 15.4 Å². The van der Waals surface area contributed by atoms with Gasteiger partial charge >= 0.3 is 12.2 Å². The lowest BCUT2D eigenvalue weighted by molar-refractivity contribution is -0.142. The van der Waals surface area contributed by atoms with Gasteiger partial charge in [0.25, 0.3) is 0 Å². The summed E-state index contributed by atoms with van der Waals surface area (Å²) in [4.78, 5) is 72.1. The summed E-state index contributed by atoms with van der Waals surface area (Å²) in [6.45, 7) is 2.38. The van der Waals surface area contributed by atoms with Crippen LogP contribution in [0.25, 0.3) is 44.2 Å². The van der Waals surface area contributed by atoms with Gasteiger partial charge in [0.05, 0.1) is 59.9 Å². The molecule has 9 rings (SSSR count). The molecule has 0 radical (unpaired) electrons. The molecular formula is C42H45IN8O8. The van der Waals surface area contributed by atoms with Crippen LogP contribution in [0.5, 0.6) is 5.75 Å². The van der Waals surface area contributed by atoms with Crippen LogP contribution in [0.15, 0.2) is 48.7 Å². The van der Waals surface area contributed by atoms with E-state index in [-0.39, 0.29) is 46.5 Å². The van der Waals surface area contributed by atoms with Crippen molar-refractivity contribution >= 4 is 68.4 Å². The number of hydrogen-bond donors (Lipinski definition) is 4. The number of fused-ring (bicyclic) bond motifs is 7. The number of amides is 4. The molecule has 308 valence electrons. The quantitative estimate of drug-likeness (QED) is 0.0785. The summed E-state index contributed by atoms with van der Waals surface area (Å²) in [6.07, 6.45) is 4.46. The van der Waals surface area contributed by atoms with Gasteiger partial charge < -0.3 is 49.3 Å². The number of nitrogens with one attached hydrogen (secondary N) is 4. The second-order valence-electron chi connectivity index (χ2n) is 15.7. The molecule has 16 nitrogen and oxygen atoms in total. The molecule has 7 atom stereocenters. The normalized spacial score (nSPS) is 24.0. The third-order valence-electron chi connectivity index (χ3n) is 12.3. The zero-order valence-corrected chi connectivity index (χ0v) is 35.2. The standard InChI is InChI=1S/C42H45IN8O8/c1-20-13-24-7-10-31(50(24)40(53)35(20)49-42(55)58-4)37-44-17-29(46-37)22-5-8-25-23(14-22)18-59-33-16-26-21(15-27(25)33)6-9-28-36(26)48-38(45-28)32-11-12-34(43)51(32)39(52)30(19-56-2)47-41(54)57-3/h5-6,8-9,14-17,20,24,30-32,34-35H,7,10-13,18-19H2,1-4H3,(H,44,46)(H,45,48)(H,47,54)(H,49,55)/t20?,24-,30+,31+,32+,34-,35+/m1/s1. The number of piperidine rings is 1. The number of carbonyl (C=O) groups is 4. The predicted octanol–water partition coefficient (Wildman–Crippen LogP) is 6.26. The Morgan fingerprint density at radius 2 is 1.78 bits per heavy atom. The van der Waals surface area contributed by atoms with Gasteiger partial charge in [0.15, 0.2) is 0 Å². The number of methoxy groups -OCH3 is 3. The van der Waals surface area contributed by atoms with Crippen molar-refractivity contribution in [2.24, 2.45) is 5.92 Å². The van der Waals surface area contributed by atoms with E-state index in [0.717, 1.165) is 87.0 Å². The third kappa shape index (κ3) is 6.90. The second-order valence-corrected chi connectivity index (χ2v) is 17.2. The number of likely N-dealkylation sites (tertiary alicyclic amines) is 1. The number of alkyl carbamates (subject to hydrolysis) is 2. The number of alkyl halides is 1. The Hall–Kier alpha value is -5.43. The Morgan fingerprint density at radius 1 is 0.966 bits per heavy atom. The highest BCUT2D eigenvalue weighted by atomic mass is 127. The minimum absolute atomic E-state index is 0.00388. The first kappa shape index (κ1) is 39.1. The van der Waals surface area contributed by atoms with Gasteiger partial charge in [-0.1, -0.05) is 47.7 Å². The first-order valence-electron chi connectivity index (χ1n) is 19.8. The van der Waals surface area contributed by atoms with Crippen LogP contribution in [0.3, 0.4) is 0 Å². The number of imidazole rings is 2. The summed E-state index contributed by atoms with van der Waals surface area (Å²) in [5.74, 6) is 1.81. The molecule has 4 aliphatic rings. The van der Waals surface area contributed by atoms with E-state index in [1.807, 2.05) is 30.2 Å². The Bertz CT molecular complexity index is 2490. The molecule has 4 aliphatic heterocycles. The highest BCUT2D eigenvalue weighted by Gasteiger charge is 2.48. The molecule has 0 spiro atoms. The average Bonchev–Trinajstić information content (AvgIpc) is 4.06. The van der Waals surface area contributed by atoms with Gasteiger partial charge in [-0.2, -0.15) is 0 Å². The highest BCUT2D eigenvalue weighted by molar-refractivity contribution is 14.1. The van der Waals surface area contributed by atoms with Crippen molar-refractivity contribution < 1.29 is 38.1 Å². The molecule has 4 amide bonds. The molecule has 59 heavy (non-hydrogen) atoms. The van der Waals surface area contributed by atoms with E-state index in [1.165, 1.54) is 21.3 Å². The lowest BCUT2D eigenvalue weighted by Gasteiger charge is -2.41. The van der Waals surface area contributed by atoms with Crippen LogP contribution in [0, 0.1) is 5.92 Å². The van der Waals surface area contributed by atoms with E-state index in [0.29, 0.717) is 18.9 Å². The van der Waals surface area contributed by atoms with Crippen LogP contribution in [0.2, 0.25) is 0 Å². The van der Waals surface area contributed by atoms with E-state index in [1.54, 1.807) is 4.90 Å². The van der Waals surface area contributed by atoms with Crippen molar-refractivity contribution in [2.75, 3.05) is 27.9 Å². The molecule has 17 heteroatoms. The number of rotatable bonds is 8. The van der Waals surface area contributed by atoms with E-state index in [9.17, 15) is 19.2 Å². The number of ether oxygens (including phenoxy) is 4. The zero-order valence-electron chi connectivity index (χ0n) is 33.0. The van der Waals surface area contributed by atoms with Crippen LogP contribution in [-0.2, 0) is 30.4 Å². The fourth-order valence-corrected chi connectivity index (χ4v) is 10.4. The summed E-state index contributed by atoms with van der Waals surface area (Å²) in [5.41, 5.74) is 6.55. The fraction of sp³-hybridized carbons (Fsp3) is 0.429. The van der Waals surface area contributed by atoms with E-state index in [4.69, 9.17) is 28.9 Å². The summed E-state index contributed by atoms with van der Waals surface area (Å²) < 4.78 is 21.1. The number of carbonyl (C=O) groups excluding carboxylic acids is 4. The number of halogens is 1. The van der Waals surface area contributed by atoms with Crippen LogP contribution >= 0.6 is 22.6 Å². The maximum absolute atomic E-state index is 13.8. The maximum Gasteiger partial charge on any atom is 0.407 e. The van der Waals surface area contributed by atoms with Gasteiger partial charge in [0.1, 0.15) is 36.1 Å². The van der Waals surface area contributed by atoms with Crippen molar-refractivity contribution in [2.45, 2.75) is 79.9 Å². The molecule has 3 saturated heterocycles. The summed E-state index contributed by atoms with van der Waals surface area (Å²) in [7, 11) is 4.04. The lowest BCUT2D eigenvalue weighted by atomic mass is 9.88. The molecular weight excluding hydrogens is 871 g/mol. The SMILES string of the molecule is COC[C@H](NC(=O)OC)C(=O)N1[C@@H](I)CC[C@H]1c1nc2c(ccc3cc4c(cc32)OCc2cc(-c3cnc([C@@H]5CC[C@@H]6CC(C)[C@H](NC(=O)OC)C(=O)N65)[nH]3)ccc2-4)[nH]1. The number of aromatic nitrogens is 4. The Labute approximate surface area is 353 Å². The topological polar surface area (TPSA) is 193 Å². The second kappa shape index (κ2) is 15.6. The molecule has 5 aromatic rings. The van der Waals surface area contributed by atoms with Crippen LogP contribution in [0.1, 0.15) is 68.3 Å². The smallest absolute Gasteiger partial charge is 0.407 e. The zero-order chi connectivity index (χ0) is 41.1. The van der Waals surface area contributed by atoms with Crippen molar-refractivity contribution in [3.05, 3.63) is 65.9 Å². The first-order valence-corrected chi connectivity index (χ1v) is 21.0. The van der Waals surface area contributed by atoms with Crippen molar-refractivity contribution in [1.29, 1.82) is 0 Å². The van der Waals surface area contributed by atoms with E-state index < -0.39 is 24.3 Å². The van der Waals surface area contributed by atoms with Crippen molar-refractivity contribution in [3.8, 4) is 28.1 Å². The summed E-state index contributed by atoms with van der Waals surface area (Å²) in [6, 6.07) is 12.6. The van der Waals surface area contributed by atoms with Crippen molar-refractivity contribution in [1.82, 2.24) is 40.4 Å². The monoisotopic (exact) mass is 916 g/mol. The van der Waals surface area contributed by atoms with Gasteiger partial charge in [0.2, 0.25) is 11.8 Å². The Kier molecular flexibility index (Phi) is 10.3. The van der Waals surface area contributed by atoms with Gasteiger partial charge in [0, 0.05) is 24.1 Å². The molecule has 2 aromatic heterocycles. The molecule has 0 bridgehead atoms. The lowest BCUT2D eigenvalue weighted by Crippen LogP contribution is -2.58. The number of H-pyrrole nitrogens is 2. The van der Waals surface area contributed by atoms with Crippen molar-refractivity contribution in [3.63, 3.8) is 0 Å². The Balaban J connectivity index is 0.964. The molecule has 4 N–H and O–H groups in total. The van der Waals surface area contributed by atoms with E-state index in [2.05, 4.69) is 73.5 Å².